The van der Waals surface area contributed by atoms with Crippen molar-refractivity contribution in [1.82, 2.24) is 4.98 Å². The second kappa shape index (κ2) is 5.53. The van der Waals surface area contributed by atoms with E-state index in [1.807, 2.05) is 4.72 Å². The number of pyridine rings is 1. The predicted octanol–water partition coefficient (Wildman–Crippen LogP) is 2.97. The topological polar surface area (TPSA) is 68.3 Å². The summed E-state index contributed by atoms with van der Waals surface area (Å²) in [7, 11) is -2.77. The number of hydrogen-bond donors (Lipinski definition) is 1. The van der Waals surface area contributed by atoms with Gasteiger partial charge in [0.15, 0.2) is 4.21 Å². The molecule has 0 radical (unpaired) electrons. The summed E-state index contributed by atoms with van der Waals surface area (Å²) < 4.78 is 68.7. The van der Waals surface area contributed by atoms with Crippen LogP contribution in [0.25, 0.3) is 0 Å². The van der Waals surface area contributed by atoms with Gasteiger partial charge in [-0.05, 0) is 23.6 Å². The van der Waals surface area contributed by atoms with Crippen molar-refractivity contribution < 1.29 is 26.3 Å². The molecule has 0 amide bonds. The minimum absolute atomic E-state index is 0.111. The maximum atomic E-state index is 12.6. The number of sulfonamides is 1. The van der Waals surface area contributed by atoms with Crippen molar-refractivity contribution in [2.45, 2.75) is 10.4 Å². The van der Waals surface area contributed by atoms with E-state index in [1.54, 1.807) is 0 Å². The molecular formula is C11H9F3N2O3S2. The van der Waals surface area contributed by atoms with Crippen LogP contribution >= 0.6 is 11.3 Å². The molecule has 0 saturated carbocycles. The molecule has 114 valence electrons. The molecule has 0 aliphatic heterocycles. The Kier molecular flexibility index (Phi) is 4.10. The van der Waals surface area contributed by atoms with E-state index >= 15 is 0 Å². The first kappa shape index (κ1) is 15.6. The van der Waals surface area contributed by atoms with E-state index in [4.69, 9.17) is 4.74 Å². The lowest BCUT2D eigenvalue weighted by molar-refractivity contribution is -0.137. The van der Waals surface area contributed by atoms with Crippen LogP contribution in [0.15, 0.2) is 34.0 Å². The number of alkyl halides is 3. The summed E-state index contributed by atoms with van der Waals surface area (Å²) in [5.74, 6) is -0.306. The Labute approximate surface area is 122 Å². The van der Waals surface area contributed by atoms with Crippen LogP contribution in [0.2, 0.25) is 0 Å². The first-order chi connectivity index (χ1) is 9.74. The SMILES string of the molecule is COc1ccsc1S(=O)(=O)Nc1cc(C(F)(F)F)ccn1. The molecule has 1 N–H and O–H groups in total. The molecule has 10 heteroatoms. The molecule has 5 nitrogen and oxygen atoms in total. The van der Waals surface area contributed by atoms with E-state index in [0.29, 0.717) is 6.07 Å². The van der Waals surface area contributed by atoms with Gasteiger partial charge in [-0.2, -0.15) is 13.2 Å². The first-order valence-electron chi connectivity index (χ1n) is 5.41. The second-order valence-electron chi connectivity index (χ2n) is 3.81. The monoisotopic (exact) mass is 338 g/mol. The van der Waals surface area contributed by atoms with Crippen molar-refractivity contribution in [1.29, 1.82) is 0 Å². The summed E-state index contributed by atoms with van der Waals surface area (Å²) in [6, 6.07) is 2.82. The summed E-state index contributed by atoms with van der Waals surface area (Å²) in [5, 5.41) is 1.49. The average Bonchev–Trinajstić information content (AvgIpc) is 2.86. The van der Waals surface area contributed by atoms with Crippen molar-refractivity contribution in [2.24, 2.45) is 0 Å². The average molecular weight is 338 g/mol. The van der Waals surface area contributed by atoms with Crippen LogP contribution in [0.4, 0.5) is 19.0 Å². The number of hydrogen-bond acceptors (Lipinski definition) is 5. The van der Waals surface area contributed by atoms with E-state index in [-0.39, 0.29) is 9.96 Å². The standard InChI is InChI=1S/C11H9F3N2O3S2/c1-19-8-3-5-20-10(8)21(17,18)16-9-6-7(2-4-15-9)11(12,13)14/h2-6H,1H3,(H,15,16). The number of rotatable bonds is 4. The van der Waals surface area contributed by atoms with Gasteiger partial charge < -0.3 is 4.74 Å². The Morgan fingerprint density at radius 1 is 1.33 bits per heavy atom. The van der Waals surface area contributed by atoms with Gasteiger partial charge in [-0.15, -0.1) is 11.3 Å². The maximum absolute atomic E-state index is 12.6. The lowest BCUT2D eigenvalue weighted by Crippen LogP contribution is -2.14. The fourth-order valence-electron chi connectivity index (χ4n) is 1.48. The molecule has 0 atom stereocenters. The van der Waals surface area contributed by atoms with Crippen LogP contribution < -0.4 is 9.46 Å². The van der Waals surface area contributed by atoms with Crippen molar-refractivity contribution in [3.05, 3.63) is 35.3 Å². The number of halogens is 3. The number of aromatic nitrogens is 1. The number of nitrogens with one attached hydrogen (secondary N) is 1. The third kappa shape index (κ3) is 3.45. The number of thiophene rings is 1. The summed E-state index contributed by atoms with van der Waals surface area (Å²) in [6.45, 7) is 0. The van der Waals surface area contributed by atoms with Crippen molar-refractivity contribution >= 4 is 27.2 Å². The molecule has 2 heterocycles. The minimum Gasteiger partial charge on any atom is -0.494 e. The highest BCUT2D eigenvalue weighted by atomic mass is 32.2. The van der Waals surface area contributed by atoms with Crippen molar-refractivity contribution in [3.8, 4) is 5.75 Å². The lowest BCUT2D eigenvalue weighted by atomic mass is 10.2. The van der Waals surface area contributed by atoms with E-state index in [9.17, 15) is 21.6 Å². The third-order valence-corrected chi connectivity index (χ3v) is 5.19. The van der Waals surface area contributed by atoms with Gasteiger partial charge in [-0.25, -0.2) is 13.4 Å². The maximum Gasteiger partial charge on any atom is 0.416 e. The minimum atomic E-state index is -4.58. The number of nitrogens with zero attached hydrogens (tertiary/aromatic N) is 1. The Bertz CT molecular complexity index is 741. The fourth-order valence-corrected chi connectivity index (χ4v) is 3.75. The zero-order valence-electron chi connectivity index (χ0n) is 10.5. The normalized spacial score (nSPS) is 12.2. The Balaban J connectivity index is 2.34. The van der Waals surface area contributed by atoms with Gasteiger partial charge in [-0.1, -0.05) is 0 Å². The molecule has 0 aromatic carbocycles. The molecule has 0 aliphatic carbocycles. The molecule has 0 aliphatic rings. The smallest absolute Gasteiger partial charge is 0.416 e. The molecule has 0 fully saturated rings. The van der Waals surface area contributed by atoms with Gasteiger partial charge in [0.05, 0.1) is 12.7 Å². The van der Waals surface area contributed by atoms with Crippen LogP contribution in [0, 0.1) is 0 Å². The quantitative estimate of drug-likeness (QED) is 0.931. The molecule has 2 aromatic rings. The van der Waals surface area contributed by atoms with Crippen LogP contribution in [0.5, 0.6) is 5.75 Å². The Hall–Kier alpha value is -1.81. The van der Waals surface area contributed by atoms with Crippen LogP contribution in [0.1, 0.15) is 5.56 Å². The highest BCUT2D eigenvalue weighted by Crippen LogP contribution is 2.32. The Morgan fingerprint density at radius 3 is 2.67 bits per heavy atom. The molecule has 21 heavy (non-hydrogen) atoms. The molecule has 0 saturated heterocycles. The third-order valence-electron chi connectivity index (χ3n) is 2.39. The van der Waals surface area contributed by atoms with E-state index < -0.39 is 27.6 Å². The van der Waals surface area contributed by atoms with Crippen LogP contribution in [-0.4, -0.2) is 20.5 Å². The van der Waals surface area contributed by atoms with Gasteiger partial charge in [-0.3, -0.25) is 4.72 Å². The summed E-state index contributed by atoms with van der Waals surface area (Å²) in [5.41, 5.74) is -0.992. The largest absolute Gasteiger partial charge is 0.494 e. The van der Waals surface area contributed by atoms with E-state index in [2.05, 4.69) is 4.98 Å². The zero-order chi connectivity index (χ0) is 15.7. The molecule has 0 unspecified atom stereocenters. The highest BCUT2D eigenvalue weighted by molar-refractivity contribution is 7.94. The van der Waals surface area contributed by atoms with Gasteiger partial charge in [0.25, 0.3) is 10.0 Å². The number of methoxy groups -OCH3 is 1. The van der Waals surface area contributed by atoms with Gasteiger partial charge in [0.1, 0.15) is 11.6 Å². The van der Waals surface area contributed by atoms with Crippen LogP contribution in [-0.2, 0) is 16.2 Å². The summed E-state index contributed by atoms with van der Waals surface area (Å²) in [4.78, 5) is 3.58. The van der Waals surface area contributed by atoms with Gasteiger partial charge in [0, 0.05) is 6.20 Å². The lowest BCUT2D eigenvalue weighted by Gasteiger charge is -2.10. The van der Waals surface area contributed by atoms with Crippen molar-refractivity contribution in [3.63, 3.8) is 0 Å². The molecule has 2 aromatic heterocycles. The summed E-state index contributed by atoms with van der Waals surface area (Å²) in [6.07, 6.45) is -3.70. The first-order valence-corrected chi connectivity index (χ1v) is 7.78. The van der Waals surface area contributed by atoms with E-state index in [0.717, 1.165) is 23.6 Å². The number of anilines is 1. The molecule has 0 bridgehead atoms. The molecule has 0 spiro atoms. The summed E-state index contributed by atoms with van der Waals surface area (Å²) >= 11 is 0.885. The highest BCUT2D eigenvalue weighted by Gasteiger charge is 2.31. The van der Waals surface area contributed by atoms with Gasteiger partial charge >= 0.3 is 6.18 Å². The Morgan fingerprint density at radius 2 is 2.05 bits per heavy atom. The fraction of sp³-hybridized carbons (Fsp3) is 0.182. The van der Waals surface area contributed by atoms with Crippen LogP contribution in [0.3, 0.4) is 0 Å². The van der Waals surface area contributed by atoms with Crippen molar-refractivity contribution in [2.75, 3.05) is 11.8 Å². The van der Waals surface area contributed by atoms with Gasteiger partial charge in [0.2, 0.25) is 0 Å². The predicted molar refractivity (Wildman–Crippen MR) is 70.9 cm³/mol. The molecular weight excluding hydrogens is 329 g/mol. The van der Waals surface area contributed by atoms with E-state index in [1.165, 1.54) is 18.6 Å². The zero-order valence-corrected chi connectivity index (χ0v) is 12.1. The number of ether oxygens (including phenoxy) is 1. The second-order valence-corrected chi connectivity index (χ2v) is 6.60. The molecule has 2 rings (SSSR count).